The minimum absolute atomic E-state index is 0.0516. The monoisotopic (exact) mass is 263 g/mol. The summed E-state index contributed by atoms with van der Waals surface area (Å²) < 4.78 is 5.61. The lowest BCUT2D eigenvalue weighted by molar-refractivity contribution is 0.332. The summed E-state index contributed by atoms with van der Waals surface area (Å²) in [4.78, 5) is 6.79. The molecule has 0 aromatic heterocycles. The number of para-hydroxylation sites is 1. The van der Waals surface area contributed by atoms with Crippen LogP contribution in [0.4, 0.5) is 0 Å². The predicted molar refractivity (Wildman–Crippen MR) is 75.2 cm³/mol. The Morgan fingerprint density at radius 2 is 2.11 bits per heavy atom. The molecule has 0 aliphatic carbocycles. The molecular formula is C13H17N3OS. The topological polar surface area (TPSA) is 50.9 Å². The molecule has 3 rings (SSSR count). The molecule has 4 nitrogen and oxygen atoms in total. The standard InChI is InChI=1S/C13H17N3OS/c14-13(16-5-7-18-8-6-16)15-11-9-17-12-4-2-1-3-10(11)12/h1-4,11H,5-9H2,(H2,14,15)/t11-/m0/s1. The van der Waals surface area contributed by atoms with Crippen LogP contribution in [0.25, 0.3) is 0 Å². The summed E-state index contributed by atoms with van der Waals surface area (Å²) in [5.41, 5.74) is 7.24. The molecule has 2 aliphatic heterocycles. The summed E-state index contributed by atoms with van der Waals surface area (Å²) in [6, 6.07) is 8.10. The summed E-state index contributed by atoms with van der Waals surface area (Å²) in [6.07, 6.45) is 0. The van der Waals surface area contributed by atoms with Gasteiger partial charge in [-0.05, 0) is 6.07 Å². The van der Waals surface area contributed by atoms with Gasteiger partial charge in [-0.3, -0.25) is 0 Å². The van der Waals surface area contributed by atoms with Crippen LogP contribution >= 0.6 is 11.8 Å². The number of nitrogens with zero attached hydrogens (tertiary/aromatic N) is 2. The molecule has 0 amide bonds. The second kappa shape index (κ2) is 5.10. The van der Waals surface area contributed by atoms with E-state index in [0.717, 1.165) is 35.9 Å². The lowest BCUT2D eigenvalue weighted by Gasteiger charge is -2.27. The second-order valence-electron chi connectivity index (χ2n) is 4.45. The van der Waals surface area contributed by atoms with E-state index in [0.29, 0.717) is 12.6 Å². The number of guanidine groups is 1. The van der Waals surface area contributed by atoms with E-state index < -0.39 is 0 Å². The van der Waals surface area contributed by atoms with Gasteiger partial charge in [-0.15, -0.1) is 0 Å². The van der Waals surface area contributed by atoms with Crippen molar-refractivity contribution in [1.29, 1.82) is 0 Å². The Balaban J connectivity index is 1.76. The largest absolute Gasteiger partial charge is 0.491 e. The Kier molecular flexibility index (Phi) is 3.32. The molecule has 1 fully saturated rings. The number of nitrogens with two attached hydrogens (primary N) is 1. The molecule has 1 aromatic carbocycles. The Hall–Kier alpha value is -1.36. The third-order valence-electron chi connectivity index (χ3n) is 3.30. The number of aliphatic imine (C=N–C) groups is 1. The van der Waals surface area contributed by atoms with Gasteiger partial charge in [0.1, 0.15) is 18.4 Å². The fraction of sp³-hybridized carbons (Fsp3) is 0.462. The zero-order chi connectivity index (χ0) is 12.4. The van der Waals surface area contributed by atoms with Gasteiger partial charge in [0.2, 0.25) is 0 Å². The highest BCUT2D eigenvalue weighted by molar-refractivity contribution is 7.99. The maximum Gasteiger partial charge on any atom is 0.192 e. The van der Waals surface area contributed by atoms with Crippen molar-refractivity contribution in [2.24, 2.45) is 10.7 Å². The van der Waals surface area contributed by atoms with Crippen molar-refractivity contribution in [1.82, 2.24) is 4.90 Å². The summed E-state index contributed by atoms with van der Waals surface area (Å²) in [7, 11) is 0. The minimum atomic E-state index is 0.0516. The highest BCUT2D eigenvalue weighted by atomic mass is 32.2. The molecule has 1 saturated heterocycles. The van der Waals surface area contributed by atoms with Crippen LogP contribution in [0, 0.1) is 0 Å². The predicted octanol–water partition coefficient (Wildman–Crippen LogP) is 1.48. The first kappa shape index (κ1) is 11.7. The molecule has 5 heteroatoms. The van der Waals surface area contributed by atoms with Crippen molar-refractivity contribution in [3.8, 4) is 5.75 Å². The van der Waals surface area contributed by atoms with Crippen LogP contribution in [0.5, 0.6) is 5.75 Å². The van der Waals surface area contributed by atoms with Crippen molar-refractivity contribution >= 4 is 17.7 Å². The number of hydrogen-bond donors (Lipinski definition) is 1. The first-order valence-corrected chi connectivity index (χ1v) is 7.38. The first-order valence-electron chi connectivity index (χ1n) is 6.22. The Morgan fingerprint density at radius 1 is 1.33 bits per heavy atom. The van der Waals surface area contributed by atoms with Crippen molar-refractivity contribution in [3.63, 3.8) is 0 Å². The quantitative estimate of drug-likeness (QED) is 0.616. The van der Waals surface area contributed by atoms with Crippen LogP contribution in [0.3, 0.4) is 0 Å². The maximum atomic E-state index is 6.10. The fourth-order valence-corrected chi connectivity index (χ4v) is 3.19. The van der Waals surface area contributed by atoms with Crippen LogP contribution in [0.1, 0.15) is 11.6 Å². The molecule has 0 radical (unpaired) electrons. The lowest BCUT2D eigenvalue weighted by atomic mass is 10.1. The maximum absolute atomic E-state index is 6.10. The number of hydrogen-bond acceptors (Lipinski definition) is 3. The number of thioether (sulfide) groups is 1. The number of rotatable bonds is 1. The van der Waals surface area contributed by atoms with Gasteiger partial charge in [-0.2, -0.15) is 11.8 Å². The van der Waals surface area contributed by atoms with E-state index in [-0.39, 0.29) is 6.04 Å². The third kappa shape index (κ3) is 2.27. The first-order chi connectivity index (χ1) is 8.84. The summed E-state index contributed by atoms with van der Waals surface area (Å²) >= 11 is 1.97. The third-order valence-corrected chi connectivity index (χ3v) is 4.24. The molecule has 0 unspecified atom stereocenters. The van der Waals surface area contributed by atoms with Crippen molar-refractivity contribution in [3.05, 3.63) is 29.8 Å². The zero-order valence-corrected chi connectivity index (χ0v) is 11.0. The van der Waals surface area contributed by atoms with Crippen LogP contribution in [0.15, 0.2) is 29.3 Å². The van der Waals surface area contributed by atoms with E-state index in [2.05, 4.69) is 16.0 Å². The Bertz CT molecular complexity index is 457. The van der Waals surface area contributed by atoms with Gasteiger partial charge in [0.15, 0.2) is 5.96 Å². The van der Waals surface area contributed by atoms with E-state index >= 15 is 0 Å². The van der Waals surface area contributed by atoms with Gasteiger partial charge in [0.25, 0.3) is 0 Å². The second-order valence-corrected chi connectivity index (χ2v) is 5.68. The van der Waals surface area contributed by atoms with E-state index in [4.69, 9.17) is 10.5 Å². The van der Waals surface area contributed by atoms with Crippen molar-refractivity contribution < 1.29 is 4.74 Å². The minimum Gasteiger partial charge on any atom is -0.491 e. The highest BCUT2D eigenvalue weighted by Crippen LogP contribution is 2.34. The fourth-order valence-electron chi connectivity index (χ4n) is 2.29. The SMILES string of the molecule is NC(=N[C@H]1COc2ccccc21)N1CCSCC1. The van der Waals surface area contributed by atoms with Gasteiger partial charge in [0, 0.05) is 30.2 Å². The van der Waals surface area contributed by atoms with Gasteiger partial charge in [0.05, 0.1) is 0 Å². The molecule has 0 spiro atoms. The van der Waals surface area contributed by atoms with Gasteiger partial charge in [-0.1, -0.05) is 18.2 Å². The van der Waals surface area contributed by atoms with Gasteiger partial charge >= 0.3 is 0 Å². The van der Waals surface area contributed by atoms with Crippen LogP contribution in [0.2, 0.25) is 0 Å². The molecule has 2 aliphatic rings. The van der Waals surface area contributed by atoms with E-state index in [1.165, 1.54) is 0 Å². The summed E-state index contributed by atoms with van der Waals surface area (Å²) in [5.74, 6) is 3.86. The molecular weight excluding hydrogens is 246 g/mol. The number of benzene rings is 1. The molecule has 18 heavy (non-hydrogen) atoms. The summed E-state index contributed by atoms with van der Waals surface area (Å²) in [5, 5.41) is 0. The van der Waals surface area contributed by atoms with Gasteiger partial charge < -0.3 is 15.4 Å². The van der Waals surface area contributed by atoms with Gasteiger partial charge in [-0.25, -0.2) is 4.99 Å². The molecule has 2 heterocycles. The molecule has 2 N–H and O–H groups in total. The average Bonchev–Trinajstić information content (AvgIpc) is 2.83. The smallest absolute Gasteiger partial charge is 0.192 e. The Morgan fingerprint density at radius 3 is 2.94 bits per heavy atom. The van der Waals surface area contributed by atoms with Crippen molar-refractivity contribution in [2.45, 2.75) is 6.04 Å². The number of fused-ring (bicyclic) bond motifs is 1. The lowest BCUT2D eigenvalue weighted by Crippen LogP contribution is -2.42. The van der Waals surface area contributed by atoms with E-state index in [9.17, 15) is 0 Å². The molecule has 0 bridgehead atoms. The zero-order valence-electron chi connectivity index (χ0n) is 10.2. The molecule has 1 aromatic rings. The summed E-state index contributed by atoms with van der Waals surface area (Å²) in [6.45, 7) is 2.59. The molecule has 96 valence electrons. The average molecular weight is 263 g/mol. The van der Waals surface area contributed by atoms with Crippen molar-refractivity contribution in [2.75, 3.05) is 31.2 Å². The van der Waals surface area contributed by atoms with Crippen LogP contribution in [-0.4, -0.2) is 42.1 Å². The highest BCUT2D eigenvalue weighted by Gasteiger charge is 2.24. The number of ether oxygens (including phenoxy) is 1. The Labute approximate surface area is 111 Å². The molecule has 0 saturated carbocycles. The van der Waals surface area contributed by atoms with E-state index in [1.54, 1.807) is 0 Å². The normalized spacial score (nSPS) is 23.7. The molecule has 1 atom stereocenters. The van der Waals surface area contributed by atoms with E-state index in [1.807, 2.05) is 30.0 Å². The van der Waals surface area contributed by atoms with Crippen LogP contribution < -0.4 is 10.5 Å². The van der Waals surface area contributed by atoms with Crippen LogP contribution in [-0.2, 0) is 0 Å².